The van der Waals surface area contributed by atoms with Gasteiger partial charge in [0.2, 0.25) is 5.91 Å². The lowest BCUT2D eigenvalue weighted by atomic mass is 10.2. The van der Waals surface area contributed by atoms with Gasteiger partial charge in [-0.3, -0.25) is 14.9 Å². The van der Waals surface area contributed by atoms with E-state index in [1.807, 2.05) is 23.9 Å². The maximum absolute atomic E-state index is 12.0. The van der Waals surface area contributed by atoms with Crippen LogP contribution < -0.4 is 9.64 Å². The Morgan fingerprint density at radius 3 is 2.48 bits per heavy atom. The van der Waals surface area contributed by atoms with Crippen LogP contribution in [-0.2, 0) is 4.79 Å². The lowest BCUT2D eigenvalue weighted by Gasteiger charge is -2.36. The van der Waals surface area contributed by atoms with E-state index in [4.69, 9.17) is 4.74 Å². The zero-order valence-electron chi connectivity index (χ0n) is 13.7. The van der Waals surface area contributed by atoms with Gasteiger partial charge in [-0.1, -0.05) is 0 Å². The topological polar surface area (TPSA) is 79.2 Å². The van der Waals surface area contributed by atoms with Crippen LogP contribution in [-0.4, -0.2) is 74.6 Å². The highest BCUT2D eigenvalue weighted by molar-refractivity contribution is 5.78. The molecule has 2 rings (SSSR count). The van der Waals surface area contributed by atoms with Crippen molar-refractivity contribution in [2.24, 2.45) is 0 Å². The van der Waals surface area contributed by atoms with Crippen LogP contribution in [0.1, 0.15) is 0 Å². The van der Waals surface area contributed by atoms with Crippen LogP contribution >= 0.6 is 0 Å². The number of nitro benzene ring substituents is 1. The number of hydrogen-bond donors (Lipinski definition) is 0. The molecule has 1 amide bonds. The fraction of sp³-hybridized carbons (Fsp3) is 0.533. The predicted octanol–water partition coefficient (Wildman–Crippen LogP) is 0.814. The Hall–Kier alpha value is -2.35. The molecule has 1 aromatic carbocycles. The largest absolute Gasteiger partial charge is 0.490 e. The quantitative estimate of drug-likeness (QED) is 0.590. The van der Waals surface area contributed by atoms with E-state index in [0.717, 1.165) is 5.69 Å². The van der Waals surface area contributed by atoms with Gasteiger partial charge >= 0.3 is 5.69 Å². The van der Waals surface area contributed by atoms with Gasteiger partial charge in [-0.05, 0) is 20.2 Å². The number of benzene rings is 1. The maximum atomic E-state index is 12.0. The highest BCUT2D eigenvalue weighted by atomic mass is 16.6. The molecule has 8 nitrogen and oxygen atoms in total. The molecule has 1 saturated heterocycles. The first-order chi connectivity index (χ1) is 10.9. The molecule has 0 saturated carbocycles. The Bertz CT molecular complexity index is 583. The van der Waals surface area contributed by atoms with Gasteiger partial charge in [-0.2, -0.15) is 0 Å². The van der Waals surface area contributed by atoms with E-state index in [9.17, 15) is 14.9 Å². The zero-order valence-corrected chi connectivity index (χ0v) is 13.7. The van der Waals surface area contributed by atoms with Crippen LogP contribution in [0.15, 0.2) is 18.2 Å². The van der Waals surface area contributed by atoms with Gasteiger partial charge in [0.05, 0.1) is 18.6 Å². The van der Waals surface area contributed by atoms with Crippen molar-refractivity contribution in [3.63, 3.8) is 0 Å². The lowest BCUT2D eigenvalue weighted by Crippen LogP contribution is -2.50. The van der Waals surface area contributed by atoms with Gasteiger partial charge in [0.15, 0.2) is 5.75 Å². The number of piperazine rings is 1. The van der Waals surface area contributed by atoms with E-state index in [2.05, 4.69) is 4.90 Å². The number of carbonyl (C=O) groups excluding carboxylic acids is 1. The Balaban J connectivity index is 2.03. The van der Waals surface area contributed by atoms with E-state index in [0.29, 0.717) is 32.7 Å². The van der Waals surface area contributed by atoms with E-state index < -0.39 is 4.92 Å². The molecule has 0 aliphatic carbocycles. The summed E-state index contributed by atoms with van der Waals surface area (Å²) in [4.78, 5) is 28.3. The Kier molecular flexibility index (Phi) is 5.38. The fourth-order valence-corrected chi connectivity index (χ4v) is 2.60. The van der Waals surface area contributed by atoms with Gasteiger partial charge in [0, 0.05) is 44.0 Å². The smallest absolute Gasteiger partial charge is 0.311 e. The van der Waals surface area contributed by atoms with Crippen molar-refractivity contribution in [1.82, 2.24) is 9.80 Å². The molecule has 8 heteroatoms. The summed E-state index contributed by atoms with van der Waals surface area (Å²) < 4.78 is 5.10. The number of hydrogen-bond acceptors (Lipinski definition) is 6. The van der Waals surface area contributed by atoms with Crippen LogP contribution in [0.5, 0.6) is 5.75 Å². The number of carbonyl (C=O) groups is 1. The molecular weight excluding hydrogens is 300 g/mol. The lowest BCUT2D eigenvalue weighted by molar-refractivity contribution is -0.385. The minimum absolute atomic E-state index is 0.0453. The summed E-state index contributed by atoms with van der Waals surface area (Å²) in [7, 11) is 5.17. The highest BCUT2D eigenvalue weighted by Gasteiger charge is 2.23. The number of amides is 1. The van der Waals surface area contributed by atoms with Crippen molar-refractivity contribution in [3.8, 4) is 5.75 Å². The molecule has 23 heavy (non-hydrogen) atoms. The first-order valence-corrected chi connectivity index (χ1v) is 7.42. The van der Waals surface area contributed by atoms with Crippen molar-refractivity contribution < 1.29 is 14.5 Å². The van der Waals surface area contributed by atoms with Crippen molar-refractivity contribution in [2.75, 3.05) is 58.8 Å². The SMILES string of the molecule is COc1cc(N2CCN(C(=O)CN(C)C)CC2)ccc1[N+](=O)[O-]. The Morgan fingerprint density at radius 1 is 1.30 bits per heavy atom. The number of anilines is 1. The third kappa shape index (κ3) is 4.10. The number of likely N-dealkylation sites (N-methyl/N-ethyl adjacent to an activating group) is 1. The predicted molar refractivity (Wildman–Crippen MR) is 87.0 cm³/mol. The average Bonchev–Trinajstić information content (AvgIpc) is 2.53. The molecule has 0 N–H and O–H groups in total. The van der Waals surface area contributed by atoms with Gasteiger partial charge < -0.3 is 19.4 Å². The molecule has 0 radical (unpaired) electrons. The van der Waals surface area contributed by atoms with Crippen LogP contribution in [0, 0.1) is 10.1 Å². The van der Waals surface area contributed by atoms with Crippen molar-refractivity contribution in [2.45, 2.75) is 0 Å². The normalized spacial score (nSPS) is 15.0. The van der Waals surface area contributed by atoms with E-state index in [-0.39, 0.29) is 17.3 Å². The second-order valence-corrected chi connectivity index (χ2v) is 5.72. The monoisotopic (exact) mass is 322 g/mol. The molecule has 0 unspecified atom stereocenters. The molecule has 0 aromatic heterocycles. The summed E-state index contributed by atoms with van der Waals surface area (Å²) >= 11 is 0. The summed E-state index contributed by atoms with van der Waals surface area (Å²) in [6.07, 6.45) is 0. The van der Waals surface area contributed by atoms with Gasteiger partial charge in [-0.15, -0.1) is 0 Å². The first kappa shape index (κ1) is 17.0. The number of methoxy groups -OCH3 is 1. The van der Waals surface area contributed by atoms with Crippen LogP contribution in [0.25, 0.3) is 0 Å². The molecule has 1 aromatic rings. The van der Waals surface area contributed by atoms with Crippen molar-refractivity contribution in [1.29, 1.82) is 0 Å². The van der Waals surface area contributed by atoms with Crippen LogP contribution in [0.3, 0.4) is 0 Å². The molecule has 1 aliphatic rings. The third-order valence-corrected chi connectivity index (χ3v) is 3.81. The number of rotatable bonds is 5. The maximum Gasteiger partial charge on any atom is 0.311 e. The number of nitrogens with zero attached hydrogens (tertiary/aromatic N) is 4. The highest BCUT2D eigenvalue weighted by Crippen LogP contribution is 2.31. The first-order valence-electron chi connectivity index (χ1n) is 7.42. The van der Waals surface area contributed by atoms with E-state index in [1.165, 1.54) is 13.2 Å². The van der Waals surface area contributed by atoms with Crippen LogP contribution in [0.2, 0.25) is 0 Å². The molecule has 1 heterocycles. The standard InChI is InChI=1S/C15H22N4O4/c1-16(2)11-15(20)18-8-6-17(7-9-18)12-4-5-13(19(21)22)14(10-12)23-3/h4-5,10H,6-9,11H2,1-3H3. The van der Waals surface area contributed by atoms with E-state index in [1.54, 1.807) is 12.1 Å². The van der Waals surface area contributed by atoms with Gasteiger partial charge in [-0.25, -0.2) is 0 Å². The Labute approximate surface area is 135 Å². The second-order valence-electron chi connectivity index (χ2n) is 5.72. The Morgan fingerprint density at radius 2 is 1.96 bits per heavy atom. The summed E-state index contributed by atoms with van der Waals surface area (Å²) in [5.74, 6) is 0.370. The zero-order chi connectivity index (χ0) is 17.0. The summed E-state index contributed by atoms with van der Waals surface area (Å²) in [5.41, 5.74) is 0.822. The third-order valence-electron chi connectivity index (χ3n) is 3.81. The molecule has 0 bridgehead atoms. The van der Waals surface area contributed by atoms with Crippen LogP contribution in [0.4, 0.5) is 11.4 Å². The summed E-state index contributed by atoms with van der Waals surface area (Å²) in [5, 5.41) is 10.9. The van der Waals surface area contributed by atoms with Crippen molar-refractivity contribution in [3.05, 3.63) is 28.3 Å². The minimum atomic E-state index is -0.458. The summed E-state index contributed by atoms with van der Waals surface area (Å²) in [6.45, 7) is 3.09. The second kappa shape index (κ2) is 7.28. The molecular formula is C15H22N4O4. The average molecular weight is 322 g/mol. The molecule has 0 spiro atoms. The number of ether oxygens (including phenoxy) is 1. The van der Waals surface area contributed by atoms with E-state index >= 15 is 0 Å². The van der Waals surface area contributed by atoms with Crippen molar-refractivity contribution >= 4 is 17.3 Å². The molecule has 1 fully saturated rings. The van der Waals surface area contributed by atoms with Gasteiger partial charge in [0.25, 0.3) is 0 Å². The van der Waals surface area contributed by atoms with Gasteiger partial charge in [0.1, 0.15) is 0 Å². The molecule has 0 atom stereocenters. The number of nitro groups is 1. The summed E-state index contributed by atoms with van der Waals surface area (Å²) in [6, 6.07) is 4.85. The molecule has 126 valence electrons. The minimum Gasteiger partial charge on any atom is -0.490 e. The molecule has 1 aliphatic heterocycles. The fourth-order valence-electron chi connectivity index (χ4n) is 2.60.